The van der Waals surface area contributed by atoms with Gasteiger partial charge in [-0.2, -0.15) is 0 Å². The van der Waals surface area contributed by atoms with Crippen molar-refractivity contribution in [2.24, 2.45) is 0 Å². The van der Waals surface area contributed by atoms with Crippen molar-refractivity contribution < 1.29 is 14.2 Å². The van der Waals surface area contributed by atoms with Crippen LogP contribution in [0, 0.1) is 12.7 Å². The Labute approximate surface area is 124 Å². The zero-order valence-corrected chi connectivity index (χ0v) is 12.5. The minimum absolute atomic E-state index is 0.129. The van der Waals surface area contributed by atoms with E-state index < -0.39 is 5.54 Å². The van der Waals surface area contributed by atoms with E-state index in [1.807, 2.05) is 44.2 Å². The highest BCUT2D eigenvalue weighted by Crippen LogP contribution is 2.29. The van der Waals surface area contributed by atoms with Crippen molar-refractivity contribution >= 4 is 5.69 Å². The molecule has 1 unspecified atom stereocenters. The molecule has 0 aromatic heterocycles. The van der Waals surface area contributed by atoms with Gasteiger partial charge in [0, 0.05) is 5.69 Å². The van der Waals surface area contributed by atoms with E-state index in [1.165, 1.54) is 12.1 Å². The number of nitrogens with one attached hydrogen (secondary N) is 1. The van der Waals surface area contributed by atoms with Gasteiger partial charge < -0.3 is 15.2 Å². The number of aryl methyl sites for hydroxylation is 1. The molecule has 2 rings (SSSR count). The lowest BCUT2D eigenvalue weighted by atomic mass is 9.92. The molecule has 0 amide bonds. The van der Waals surface area contributed by atoms with Crippen molar-refractivity contribution in [3.63, 3.8) is 0 Å². The summed E-state index contributed by atoms with van der Waals surface area (Å²) in [6.45, 7) is 3.56. The van der Waals surface area contributed by atoms with Gasteiger partial charge in [0.25, 0.3) is 0 Å². The standard InChI is InChI=1S/C17H20FNO2/c1-12-7-14(18)10-15(8-12)19-17(2,11-20)13-5-4-6-16(9-13)21-3/h4-10,19-20H,11H2,1-3H3. The number of aliphatic hydroxyl groups is 1. The van der Waals surface area contributed by atoms with E-state index >= 15 is 0 Å². The van der Waals surface area contributed by atoms with Crippen LogP contribution >= 0.6 is 0 Å². The molecule has 4 heteroatoms. The van der Waals surface area contributed by atoms with Crippen molar-refractivity contribution in [2.75, 3.05) is 19.0 Å². The predicted molar refractivity (Wildman–Crippen MR) is 82.2 cm³/mol. The fourth-order valence-corrected chi connectivity index (χ4v) is 2.30. The predicted octanol–water partition coefficient (Wildman–Crippen LogP) is 3.46. The quantitative estimate of drug-likeness (QED) is 0.885. The van der Waals surface area contributed by atoms with E-state index in [9.17, 15) is 9.50 Å². The molecule has 2 aromatic rings. The average Bonchev–Trinajstić information content (AvgIpc) is 2.46. The molecule has 3 nitrogen and oxygen atoms in total. The molecule has 2 aromatic carbocycles. The van der Waals surface area contributed by atoms with Crippen molar-refractivity contribution in [1.29, 1.82) is 0 Å². The zero-order valence-electron chi connectivity index (χ0n) is 12.5. The molecule has 0 spiro atoms. The van der Waals surface area contributed by atoms with Gasteiger partial charge in [0.1, 0.15) is 11.6 Å². The van der Waals surface area contributed by atoms with E-state index in [1.54, 1.807) is 7.11 Å². The molecule has 2 N–H and O–H groups in total. The van der Waals surface area contributed by atoms with Crippen molar-refractivity contribution in [3.05, 3.63) is 59.4 Å². The minimum atomic E-state index is -0.727. The molecule has 21 heavy (non-hydrogen) atoms. The summed E-state index contributed by atoms with van der Waals surface area (Å²) in [6.07, 6.45) is 0. The molecule has 112 valence electrons. The summed E-state index contributed by atoms with van der Waals surface area (Å²) in [5, 5.41) is 13.0. The van der Waals surface area contributed by atoms with E-state index in [2.05, 4.69) is 5.32 Å². The summed E-state index contributed by atoms with van der Waals surface area (Å²) in [7, 11) is 1.60. The molecule has 0 saturated heterocycles. The molecule has 0 aliphatic rings. The van der Waals surface area contributed by atoms with Crippen LogP contribution in [0.25, 0.3) is 0 Å². The normalized spacial score (nSPS) is 13.6. The Morgan fingerprint density at radius 2 is 2.00 bits per heavy atom. The Morgan fingerprint density at radius 1 is 1.24 bits per heavy atom. The topological polar surface area (TPSA) is 41.5 Å². The molecule has 1 atom stereocenters. The van der Waals surface area contributed by atoms with Gasteiger partial charge in [0.05, 0.1) is 19.3 Å². The van der Waals surface area contributed by atoms with Gasteiger partial charge in [-0.1, -0.05) is 12.1 Å². The number of hydrogen-bond acceptors (Lipinski definition) is 3. The first-order chi connectivity index (χ1) is 9.96. The summed E-state index contributed by atoms with van der Waals surface area (Å²) in [6, 6.07) is 12.2. The van der Waals surface area contributed by atoms with Crippen LogP contribution in [0.5, 0.6) is 5.75 Å². The SMILES string of the molecule is COc1cccc(C(C)(CO)Nc2cc(C)cc(F)c2)c1. The molecular formula is C17H20FNO2. The number of methoxy groups -OCH3 is 1. The van der Waals surface area contributed by atoms with Crippen LogP contribution in [-0.4, -0.2) is 18.8 Å². The number of aliphatic hydroxyl groups excluding tert-OH is 1. The maximum atomic E-state index is 13.5. The second-order valence-electron chi connectivity index (χ2n) is 5.36. The summed E-state index contributed by atoms with van der Waals surface area (Å²) in [5.41, 5.74) is 1.59. The number of rotatable bonds is 5. The third kappa shape index (κ3) is 3.52. The lowest BCUT2D eigenvalue weighted by Gasteiger charge is -2.31. The van der Waals surface area contributed by atoms with Crippen LogP contribution in [0.1, 0.15) is 18.1 Å². The molecule has 0 bridgehead atoms. The van der Waals surface area contributed by atoms with Crippen LogP contribution in [0.2, 0.25) is 0 Å². The highest BCUT2D eigenvalue weighted by molar-refractivity contribution is 5.50. The summed E-state index contributed by atoms with van der Waals surface area (Å²) in [5.74, 6) is 0.410. The monoisotopic (exact) mass is 289 g/mol. The number of hydrogen-bond donors (Lipinski definition) is 2. The first-order valence-corrected chi connectivity index (χ1v) is 6.77. The molecule has 0 radical (unpaired) electrons. The summed E-state index contributed by atoms with van der Waals surface area (Å²) in [4.78, 5) is 0. The Kier molecular flexibility index (Phi) is 4.48. The molecule has 0 aliphatic heterocycles. The number of benzene rings is 2. The zero-order chi connectivity index (χ0) is 15.5. The van der Waals surface area contributed by atoms with Gasteiger partial charge in [-0.05, 0) is 55.3 Å². The van der Waals surface area contributed by atoms with Crippen LogP contribution in [0.4, 0.5) is 10.1 Å². The van der Waals surface area contributed by atoms with Crippen molar-refractivity contribution in [1.82, 2.24) is 0 Å². The summed E-state index contributed by atoms with van der Waals surface area (Å²) < 4.78 is 18.7. The van der Waals surface area contributed by atoms with Crippen molar-refractivity contribution in [2.45, 2.75) is 19.4 Å². The van der Waals surface area contributed by atoms with Gasteiger partial charge >= 0.3 is 0 Å². The second kappa shape index (κ2) is 6.14. The van der Waals surface area contributed by atoms with E-state index in [-0.39, 0.29) is 12.4 Å². The molecular weight excluding hydrogens is 269 g/mol. The van der Waals surface area contributed by atoms with E-state index in [0.29, 0.717) is 11.4 Å². The Hall–Kier alpha value is -2.07. The van der Waals surface area contributed by atoms with Gasteiger partial charge in [-0.15, -0.1) is 0 Å². The van der Waals surface area contributed by atoms with Crippen LogP contribution in [0.3, 0.4) is 0 Å². The average molecular weight is 289 g/mol. The van der Waals surface area contributed by atoms with Gasteiger partial charge in [-0.3, -0.25) is 0 Å². The molecule has 0 aliphatic carbocycles. The molecule has 0 heterocycles. The molecule has 0 saturated carbocycles. The van der Waals surface area contributed by atoms with Gasteiger partial charge in [0.15, 0.2) is 0 Å². The maximum Gasteiger partial charge on any atom is 0.125 e. The Morgan fingerprint density at radius 3 is 2.62 bits per heavy atom. The highest BCUT2D eigenvalue weighted by atomic mass is 19.1. The number of ether oxygens (including phenoxy) is 1. The summed E-state index contributed by atoms with van der Waals surface area (Å²) >= 11 is 0. The maximum absolute atomic E-state index is 13.5. The Bertz CT molecular complexity index is 610. The lowest BCUT2D eigenvalue weighted by molar-refractivity contribution is 0.223. The largest absolute Gasteiger partial charge is 0.497 e. The van der Waals surface area contributed by atoms with Gasteiger partial charge in [0.2, 0.25) is 0 Å². The minimum Gasteiger partial charge on any atom is -0.497 e. The first kappa shape index (κ1) is 15.3. The first-order valence-electron chi connectivity index (χ1n) is 6.77. The van der Waals surface area contributed by atoms with Crippen LogP contribution in [-0.2, 0) is 5.54 Å². The number of halogens is 1. The smallest absolute Gasteiger partial charge is 0.125 e. The fourth-order valence-electron chi connectivity index (χ4n) is 2.30. The van der Waals surface area contributed by atoms with Gasteiger partial charge in [-0.25, -0.2) is 4.39 Å². The van der Waals surface area contributed by atoms with Crippen LogP contribution in [0.15, 0.2) is 42.5 Å². The third-order valence-corrected chi connectivity index (χ3v) is 3.49. The van der Waals surface area contributed by atoms with Crippen LogP contribution < -0.4 is 10.1 Å². The fraction of sp³-hybridized carbons (Fsp3) is 0.294. The van der Waals surface area contributed by atoms with E-state index in [4.69, 9.17) is 4.74 Å². The third-order valence-electron chi connectivity index (χ3n) is 3.49. The number of anilines is 1. The lowest BCUT2D eigenvalue weighted by Crippen LogP contribution is -2.35. The molecule has 0 fully saturated rings. The highest BCUT2D eigenvalue weighted by Gasteiger charge is 2.26. The Balaban J connectivity index is 2.36. The van der Waals surface area contributed by atoms with Crippen molar-refractivity contribution in [3.8, 4) is 5.75 Å². The second-order valence-corrected chi connectivity index (χ2v) is 5.36. The van der Waals surface area contributed by atoms with E-state index in [0.717, 1.165) is 11.1 Å².